The van der Waals surface area contributed by atoms with Gasteiger partial charge in [0.2, 0.25) is 0 Å². The van der Waals surface area contributed by atoms with Crippen LogP contribution in [0.5, 0.6) is 0 Å². The fourth-order valence-electron chi connectivity index (χ4n) is 2.57. The molecule has 1 rings (SSSR count). The molecule has 1 saturated heterocycles. The first-order valence-corrected chi connectivity index (χ1v) is 9.66. The van der Waals surface area contributed by atoms with Crippen LogP contribution in [0.4, 0.5) is 4.79 Å². The summed E-state index contributed by atoms with van der Waals surface area (Å²) in [6.45, 7) is 12.2. The van der Waals surface area contributed by atoms with Gasteiger partial charge in [-0.25, -0.2) is 4.79 Å². The van der Waals surface area contributed by atoms with Crippen molar-refractivity contribution in [3.8, 4) is 0 Å². The standard InChI is InChI=1S/C12H26N2O2Si/c1-5-11(17(3,4)16-6-2)7-9-14-10-8-13-12(14)15/h11H,5-10H2,1-4H3,(H,13,15). The molecule has 0 aromatic rings. The smallest absolute Gasteiger partial charge is 0.317 e. The molecule has 1 atom stereocenters. The van der Waals surface area contributed by atoms with Crippen LogP contribution >= 0.6 is 0 Å². The third-order valence-corrected chi connectivity index (χ3v) is 7.38. The summed E-state index contributed by atoms with van der Waals surface area (Å²) < 4.78 is 5.94. The van der Waals surface area contributed by atoms with E-state index < -0.39 is 8.32 Å². The molecule has 1 N–H and O–H groups in total. The summed E-state index contributed by atoms with van der Waals surface area (Å²) in [6, 6.07) is 0.0933. The Morgan fingerprint density at radius 1 is 1.47 bits per heavy atom. The van der Waals surface area contributed by atoms with Crippen LogP contribution < -0.4 is 5.32 Å². The van der Waals surface area contributed by atoms with Crippen LogP contribution in [-0.2, 0) is 4.43 Å². The van der Waals surface area contributed by atoms with E-state index in [2.05, 4.69) is 32.3 Å². The Kier molecular flexibility index (Phi) is 5.46. The quantitative estimate of drug-likeness (QED) is 0.713. The first-order chi connectivity index (χ1) is 8.01. The van der Waals surface area contributed by atoms with Crippen LogP contribution in [0.1, 0.15) is 26.7 Å². The summed E-state index contributed by atoms with van der Waals surface area (Å²) in [5.74, 6) is 0. The molecule has 0 aromatic heterocycles. The predicted molar refractivity (Wildman–Crippen MR) is 72.7 cm³/mol. The minimum Gasteiger partial charge on any atom is -0.417 e. The minimum atomic E-state index is -1.59. The van der Waals surface area contributed by atoms with Crippen molar-refractivity contribution in [3.63, 3.8) is 0 Å². The van der Waals surface area contributed by atoms with Gasteiger partial charge in [0.05, 0.1) is 0 Å². The van der Waals surface area contributed by atoms with Gasteiger partial charge in [-0.05, 0) is 32.0 Å². The number of urea groups is 1. The molecule has 1 aliphatic rings. The highest BCUT2D eigenvalue weighted by molar-refractivity contribution is 6.72. The zero-order valence-corrected chi connectivity index (χ0v) is 12.6. The van der Waals surface area contributed by atoms with Crippen molar-refractivity contribution in [2.75, 3.05) is 26.2 Å². The van der Waals surface area contributed by atoms with Crippen LogP contribution in [0.15, 0.2) is 0 Å². The molecule has 0 aromatic carbocycles. The molecule has 1 heterocycles. The lowest BCUT2D eigenvalue weighted by molar-refractivity contribution is 0.215. The molecule has 1 aliphatic heterocycles. The van der Waals surface area contributed by atoms with Crippen molar-refractivity contribution < 1.29 is 9.22 Å². The Balaban J connectivity index is 2.43. The average molecular weight is 258 g/mol. The lowest BCUT2D eigenvalue weighted by Crippen LogP contribution is -2.39. The number of carbonyl (C=O) groups is 1. The first kappa shape index (κ1) is 14.5. The van der Waals surface area contributed by atoms with Gasteiger partial charge >= 0.3 is 6.03 Å². The van der Waals surface area contributed by atoms with Gasteiger partial charge in [0.25, 0.3) is 0 Å². The number of amides is 2. The van der Waals surface area contributed by atoms with Gasteiger partial charge in [-0.15, -0.1) is 0 Å². The third kappa shape index (κ3) is 3.99. The van der Waals surface area contributed by atoms with E-state index in [1.165, 1.54) is 0 Å². The van der Waals surface area contributed by atoms with Gasteiger partial charge in [0, 0.05) is 26.2 Å². The molecular weight excluding hydrogens is 232 g/mol. The Hall–Kier alpha value is -0.553. The van der Waals surface area contributed by atoms with Crippen molar-refractivity contribution in [2.45, 2.75) is 45.3 Å². The lowest BCUT2D eigenvalue weighted by Gasteiger charge is -2.32. The molecule has 5 heteroatoms. The molecule has 1 unspecified atom stereocenters. The second-order valence-corrected chi connectivity index (χ2v) is 9.46. The Bertz CT molecular complexity index is 259. The second kappa shape index (κ2) is 6.40. The van der Waals surface area contributed by atoms with Gasteiger partial charge < -0.3 is 14.6 Å². The fourth-order valence-corrected chi connectivity index (χ4v) is 5.36. The number of nitrogens with zero attached hydrogens (tertiary/aromatic N) is 1. The zero-order chi connectivity index (χ0) is 12.9. The summed E-state index contributed by atoms with van der Waals surface area (Å²) in [5.41, 5.74) is 0.635. The van der Waals surface area contributed by atoms with Crippen LogP contribution in [-0.4, -0.2) is 45.5 Å². The number of nitrogens with one attached hydrogen (secondary N) is 1. The maximum atomic E-state index is 11.4. The number of carbonyl (C=O) groups excluding carboxylic acids is 1. The number of hydrogen-bond donors (Lipinski definition) is 1. The minimum absolute atomic E-state index is 0.0933. The highest BCUT2D eigenvalue weighted by Gasteiger charge is 2.32. The zero-order valence-electron chi connectivity index (χ0n) is 11.6. The Morgan fingerprint density at radius 2 is 2.18 bits per heavy atom. The molecule has 0 saturated carbocycles. The molecule has 0 bridgehead atoms. The average Bonchev–Trinajstić information content (AvgIpc) is 2.65. The van der Waals surface area contributed by atoms with Gasteiger partial charge in [-0.3, -0.25) is 0 Å². The lowest BCUT2D eigenvalue weighted by atomic mass is 10.2. The van der Waals surface area contributed by atoms with E-state index in [1.54, 1.807) is 0 Å². The van der Waals surface area contributed by atoms with Gasteiger partial charge in [-0.1, -0.05) is 13.3 Å². The molecule has 1 fully saturated rings. The van der Waals surface area contributed by atoms with E-state index in [0.29, 0.717) is 5.54 Å². The van der Waals surface area contributed by atoms with E-state index in [4.69, 9.17) is 4.43 Å². The fraction of sp³-hybridized carbons (Fsp3) is 0.917. The predicted octanol–water partition coefficient (Wildman–Crippen LogP) is 2.42. The highest BCUT2D eigenvalue weighted by Crippen LogP contribution is 2.30. The highest BCUT2D eigenvalue weighted by atomic mass is 28.4. The van der Waals surface area contributed by atoms with E-state index in [1.807, 2.05) is 4.90 Å². The monoisotopic (exact) mass is 258 g/mol. The van der Waals surface area contributed by atoms with Crippen LogP contribution in [0.25, 0.3) is 0 Å². The molecule has 0 spiro atoms. The summed E-state index contributed by atoms with van der Waals surface area (Å²) in [4.78, 5) is 13.4. The third-order valence-electron chi connectivity index (χ3n) is 3.68. The van der Waals surface area contributed by atoms with E-state index in [0.717, 1.165) is 39.1 Å². The molecule has 17 heavy (non-hydrogen) atoms. The van der Waals surface area contributed by atoms with Crippen molar-refractivity contribution in [3.05, 3.63) is 0 Å². The topological polar surface area (TPSA) is 41.6 Å². The maximum Gasteiger partial charge on any atom is 0.317 e. The number of hydrogen-bond acceptors (Lipinski definition) is 2. The number of rotatable bonds is 7. The van der Waals surface area contributed by atoms with E-state index in [-0.39, 0.29) is 6.03 Å². The maximum absolute atomic E-state index is 11.4. The van der Waals surface area contributed by atoms with Crippen molar-refractivity contribution in [1.29, 1.82) is 0 Å². The summed E-state index contributed by atoms with van der Waals surface area (Å²) in [7, 11) is -1.59. The molecule has 0 aliphatic carbocycles. The molecule has 0 radical (unpaired) electrons. The van der Waals surface area contributed by atoms with Crippen LogP contribution in [0.2, 0.25) is 18.6 Å². The van der Waals surface area contributed by atoms with E-state index in [9.17, 15) is 4.79 Å². The van der Waals surface area contributed by atoms with Crippen LogP contribution in [0.3, 0.4) is 0 Å². The van der Waals surface area contributed by atoms with Crippen molar-refractivity contribution in [1.82, 2.24) is 10.2 Å². The Labute approximate surface area is 106 Å². The first-order valence-electron chi connectivity index (χ1n) is 6.68. The molecule has 4 nitrogen and oxygen atoms in total. The van der Waals surface area contributed by atoms with Crippen molar-refractivity contribution in [2.24, 2.45) is 0 Å². The normalized spacial score (nSPS) is 18.4. The summed E-state index contributed by atoms with van der Waals surface area (Å²) in [6.07, 6.45) is 2.22. The van der Waals surface area contributed by atoms with Crippen LogP contribution in [0, 0.1) is 0 Å². The Morgan fingerprint density at radius 3 is 2.65 bits per heavy atom. The van der Waals surface area contributed by atoms with Gasteiger partial charge in [0.15, 0.2) is 8.32 Å². The SMILES string of the molecule is CCO[Si](C)(C)C(CC)CCN1CCNC1=O. The molecular formula is C12H26N2O2Si. The molecule has 2 amide bonds. The summed E-state index contributed by atoms with van der Waals surface area (Å²) in [5, 5.41) is 2.84. The van der Waals surface area contributed by atoms with E-state index >= 15 is 0 Å². The second-order valence-electron chi connectivity index (χ2n) is 5.15. The molecule has 100 valence electrons. The van der Waals surface area contributed by atoms with Gasteiger partial charge in [0.1, 0.15) is 0 Å². The van der Waals surface area contributed by atoms with Crippen molar-refractivity contribution >= 4 is 14.3 Å². The largest absolute Gasteiger partial charge is 0.417 e. The van der Waals surface area contributed by atoms with Gasteiger partial charge in [-0.2, -0.15) is 0 Å². The summed E-state index contributed by atoms with van der Waals surface area (Å²) >= 11 is 0.